The van der Waals surface area contributed by atoms with Crippen molar-refractivity contribution in [2.45, 2.75) is 44.1 Å². The largest absolute Gasteiger partial charge is 0.345 e. The number of nitrogens with zero attached hydrogens (tertiary/aromatic N) is 3. The summed E-state index contributed by atoms with van der Waals surface area (Å²) in [6.07, 6.45) is 10.6. The van der Waals surface area contributed by atoms with Crippen LogP contribution in [-0.4, -0.2) is 31.6 Å². The summed E-state index contributed by atoms with van der Waals surface area (Å²) in [5.74, 6) is 2.01. The molecule has 4 fully saturated rings. The number of aromatic nitrogens is 3. The highest BCUT2D eigenvalue weighted by atomic mass is 16.2. The molecule has 1 amide bonds. The second-order valence-electron chi connectivity index (χ2n) is 9.44. The summed E-state index contributed by atoms with van der Waals surface area (Å²) in [6, 6.07) is 10.8. The molecule has 3 aromatic rings. The summed E-state index contributed by atoms with van der Waals surface area (Å²) in [6.45, 7) is 0. The zero-order chi connectivity index (χ0) is 20.3. The zero-order valence-corrected chi connectivity index (χ0v) is 16.8. The lowest BCUT2D eigenvalue weighted by molar-refractivity contribution is -0.0167. The summed E-state index contributed by atoms with van der Waals surface area (Å²) in [5.41, 5.74) is 1.20. The van der Waals surface area contributed by atoms with E-state index in [1.807, 2.05) is 18.2 Å². The lowest BCUT2D eigenvalue weighted by Gasteiger charge is -2.56. The molecule has 0 radical (unpaired) electrons. The molecule has 6 heteroatoms. The van der Waals surface area contributed by atoms with Crippen LogP contribution in [0.15, 0.2) is 48.8 Å². The van der Waals surface area contributed by atoms with Gasteiger partial charge in [0.25, 0.3) is 5.91 Å². The molecule has 1 N–H and O–H groups in total. The Labute approximate surface area is 174 Å². The number of rotatable bonds is 4. The molecule has 4 bridgehead atoms. The number of hydrogen-bond acceptors (Lipinski definition) is 4. The van der Waals surface area contributed by atoms with Gasteiger partial charge in [0.2, 0.25) is 5.78 Å². The van der Waals surface area contributed by atoms with Crippen molar-refractivity contribution in [2.24, 2.45) is 17.8 Å². The number of carbonyl (C=O) groups is 2. The molecule has 4 saturated carbocycles. The molecule has 3 aromatic heterocycles. The zero-order valence-electron chi connectivity index (χ0n) is 16.8. The van der Waals surface area contributed by atoms with Crippen molar-refractivity contribution in [3.63, 3.8) is 0 Å². The van der Waals surface area contributed by atoms with Gasteiger partial charge in [-0.1, -0.05) is 12.1 Å². The van der Waals surface area contributed by atoms with Gasteiger partial charge >= 0.3 is 0 Å². The Morgan fingerprint density at radius 2 is 1.67 bits per heavy atom. The topological polar surface area (TPSA) is 76.4 Å². The van der Waals surface area contributed by atoms with Crippen molar-refractivity contribution in [1.29, 1.82) is 0 Å². The van der Waals surface area contributed by atoms with Gasteiger partial charge in [-0.2, -0.15) is 0 Å². The Kier molecular flexibility index (Phi) is 3.85. The summed E-state index contributed by atoms with van der Waals surface area (Å²) < 4.78 is 1.70. The molecular formula is C24H24N4O2. The van der Waals surface area contributed by atoms with Gasteiger partial charge in [0.15, 0.2) is 11.5 Å². The molecule has 30 heavy (non-hydrogen) atoms. The van der Waals surface area contributed by atoms with E-state index in [2.05, 4.69) is 15.3 Å². The van der Waals surface area contributed by atoms with E-state index in [1.54, 1.807) is 35.0 Å². The number of imidazole rings is 1. The van der Waals surface area contributed by atoms with Crippen molar-refractivity contribution in [2.75, 3.05) is 0 Å². The van der Waals surface area contributed by atoms with Gasteiger partial charge in [-0.3, -0.25) is 19.0 Å². The fraction of sp³-hybridized carbons (Fsp3) is 0.417. The monoisotopic (exact) mass is 400 g/mol. The molecule has 6 nitrogen and oxygen atoms in total. The maximum Gasteiger partial charge on any atom is 0.272 e. The van der Waals surface area contributed by atoms with Gasteiger partial charge in [-0.05, 0) is 80.5 Å². The Bertz CT molecular complexity index is 1120. The van der Waals surface area contributed by atoms with Crippen LogP contribution in [0.25, 0.3) is 5.52 Å². The number of nitrogens with one attached hydrogen (secondary N) is 1. The van der Waals surface area contributed by atoms with Gasteiger partial charge < -0.3 is 5.32 Å². The van der Waals surface area contributed by atoms with Crippen molar-refractivity contribution in [3.05, 3.63) is 66.0 Å². The maximum absolute atomic E-state index is 13.4. The molecule has 0 atom stereocenters. The fourth-order valence-electron chi connectivity index (χ4n) is 6.54. The van der Waals surface area contributed by atoms with Gasteiger partial charge in [0.1, 0.15) is 5.69 Å². The Morgan fingerprint density at radius 1 is 0.967 bits per heavy atom. The number of fused-ring (bicyclic) bond motifs is 1. The first-order valence-electron chi connectivity index (χ1n) is 10.9. The molecule has 0 unspecified atom stereocenters. The molecule has 7 rings (SSSR count). The van der Waals surface area contributed by atoms with Gasteiger partial charge in [0.05, 0.1) is 5.52 Å². The highest BCUT2D eigenvalue weighted by Gasteiger charge is 2.51. The molecule has 0 saturated heterocycles. The summed E-state index contributed by atoms with van der Waals surface area (Å²) in [7, 11) is 0. The minimum absolute atomic E-state index is 0.0955. The third-order valence-electron chi connectivity index (χ3n) is 7.28. The quantitative estimate of drug-likeness (QED) is 0.678. The first-order valence-corrected chi connectivity index (χ1v) is 10.9. The summed E-state index contributed by atoms with van der Waals surface area (Å²) >= 11 is 0. The Hall–Kier alpha value is -3.02. The molecule has 4 aliphatic rings. The van der Waals surface area contributed by atoms with Crippen LogP contribution in [0, 0.1) is 17.8 Å². The van der Waals surface area contributed by atoms with Crippen LogP contribution < -0.4 is 5.32 Å². The highest BCUT2D eigenvalue weighted by Crippen LogP contribution is 2.55. The van der Waals surface area contributed by atoms with Crippen LogP contribution in [0.5, 0.6) is 0 Å². The number of pyridine rings is 2. The molecule has 3 heterocycles. The van der Waals surface area contributed by atoms with E-state index in [1.165, 1.54) is 19.3 Å². The minimum atomic E-state index is -0.286. The first kappa shape index (κ1) is 17.8. The van der Waals surface area contributed by atoms with Crippen molar-refractivity contribution in [3.8, 4) is 0 Å². The molecular weight excluding hydrogens is 376 g/mol. The fourth-order valence-corrected chi connectivity index (χ4v) is 6.54. The van der Waals surface area contributed by atoms with Crippen molar-refractivity contribution in [1.82, 2.24) is 19.7 Å². The predicted molar refractivity (Wildman–Crippen MR) is 111 cm³/mol. The van der Waals surface area contributed by atoms with Crippen molar-refractivity contribution >= 4 is 17.2 Å². The van der Waals surface area contributed by atoms with E-state index in [4.69, 9.17) is 0 Å². The van der Waals surface area contributed by atoms with Gasteiger partial charge in [0, 0.05) is 17.9 Å². The molecule has 152 valence electrons. The number of ketones is 1. The summed E-state index contributed by atoms with van der Waals surface area (Å²) in [5, 5.41) is 3.38. The molecule has 0 spiro atoms. The van der Waals surface area contributed by atoms with Gasteiger partial charge in [-0.15, -0.1) is 0 Å². The van der Waals surface area contributed by atoms with E-state index in [9.17, 15) is 9.59 Å². The third-order valence-corrected chi connectivity index (χ3v) is 7.28. The van der Waals surface area contributed by atoms with Crippen LogP contribution in [0.3, 0.4) is 0 Å². The standard InChI is InChI=1S/C24H24N4O2/c29-21(18-5-1-3-7-25-18)22-26-20(19-6-2-4-8-28(19)22)23(30)27-24-12-15-9-16(13-24)11-17(10-15)14-24/h1-8,15-17H,9-14H2,(H,27,30). The average molecular weight is 400 g/mol. The van der Waals surface area contributed by atoms with Gasteiger partial charge in [-0.25, -0.2) is 4.98 Å². The molecule has 0 aliphatic heterocycles. The maximum atomic E-state index is 13.4. The predicted octanol–water partition coefficient (Wildman–Crippen LogP) is 3.66. The normalized spacial score (nSPS) is 29.3. The third kappa shape index (κ3) is 2.77. The van der Waals surface area contributed by atoms with E-state index in [0.29, 0.717) is 16.9 Å². The van der Waals surface area contributed by atoms with Crippen LogP contribution >= 0.6 is 0 Å². The van der Waals surface area contributed by atoms with E-state index in [0.717, 1.165) is 37.0 Å². The Balaban J connectivity index is 1.36. The minimum Gasteiger partial charge on any atom is -0.345 e. The van der Waals surface area contributed by atoms with E-state index >= 15 is 0 Å². The highest BCUT2D eigenvalue weighted by molar-refractivity contribution is 6.08. The second kappa shape index (κ2) is 6.49. The second-order valence-corrected chi connectivity index (χ2v) is 9.44. The van der Waals surface area contributed by atoms with Crippen LogP contribution in [-0.2, 0) is 0 Å². The van der Waals surface area contributed by atoms with E-state index < -0.39 is 0 Å². The molecule has 0 aromatic carbocycles. The van der Waals surface area contributed by atoms with Crippen LogP contribution in [0.2, 0.25) is 0 Å². The SMILES string of the molecule is O=C(NC12CC3CC(CC(C3)C1)C2)c1nc(C(=O)c2ccccn2)n2ccccc12. The summed E-state index contributed by atoms with van der Waals surface area (Å²) in [4.78, 5) is 35.1. The van der Waals surface area contributed by atoms with Crippen LogP contribution in [0.4, 0.5) is 0 Å². The lowest BCUT2D eigenvalue weighted by Crippen LogP contribution is -2.59. The average Bonchev–Trinajstić information content (AvgIpc) is 3.12. The number of carbonyl (C=O) groups excluding carboxylic acids is 2. The number of hydrogen-bond donors (Lipinski definition) is 1. The van der Waals surface area contributed by atoms with Crippen LogP contribution in [0.1, 0.15) is 65.3 Å². The lowest BCUT2D eigenvalue weighted by atomic mass is 9.53. The van der Waals surface area contributed by atoms with E-state index in [-0.39, 0.29) is 23.1 Å². The smallest absolute Gasteiger partial charge is 0.272 e. The molecule has 4 aliphatic carbocycles. The number of amides is 1. The van der Waals surface area contributed by atoms with Crippen molar-refractivity contribution < 1.29 is 9.59 Å². The first-order chi connectivity index (χ1) is 14.6. The Morgan fingerprint density at radius 3 is 2.33 bits per heavy atom.